The molecule has 132 valence electrons. The monoisotopic (exact) mass is 369 g/mol. The number of carbonyl (C=O) groups is 1. The van der Waals surface area contributed by atoms with Crippen molar-refractivity contribution in [1.29, 1.82) is 0 Å². The molecule has 2 atom stereocenters. The van der Waals surface area contributed by atoms with Crippen molar-refractivity contribution in [3.8, 4) is 0 Å². The van der Waals surface area contributed by atoms with Gasteiger partial charge in [0.25, 0.3) is 0 Å². The molecule has 2 rings (SSSR count). The number of halogens is 4. The van der Waals surface area contributed by atoms with Crippen LogP contribution < -0.4 is 10.6 Å². The third-order valence-corrected chi connectivity index (χ3v) is 3.86. The van der Waals surface area contributed by atoms with Gasteiger partial charge in [0.2, 0.25) is 5.91 Å². The van der Waals surface area contributed by atoms with E-state index in [1.165, 1.54) is 18.2 Å². The summed E-state index contributed by atoms with van der Waals surface area (Å²) in [5.41, 5.74) is -0.00709. The lowest BCUT2D eigenvalue weighted by Gasteiger charge is -2.26. The van der Waals surface area contributed by atoms with Crippen molar-refractivity contribution >= 4 is 30.7 Å². The maximum absolute atomic E-state index is 13.9. The molecule has 1 aromatic rings. The van der Waals surface area contributed by atoms with Gasteiger partial charge in [0, 0.05) is 18.7 Å². The van der Waals surface area contributed by atoms with Gasteiger partial charge in [0.15, 0.2) is 0 Å². The van der Waals surface area contributed by atoms with Gasteiger partial charge in [0.05, 0.1) is 12.0 Å². The third-order valence-electron chi connectivity index (χ3n) is 3.86. The molecule has 0 aromatic heterocycles. The molecule has 1 aliphatic rings. The van der Waals surface area contributed by atoms with Gasteiger partial charge in [-0.2, -0.15) is 0 Å². The van der Waals surface area contributed by atoms with Crippen molar-refractivity contribution in [3.63, 3.8) is 0 Å². The molecule has 1 aliphatic heterocycles. The molecule has 0 radical (unpaired) electrons. The van der Waals surface area contributed by atoms with Crippen molar-refractivity contribution in [2.75, 3.05) is 33.7 Å². The van der Waals surface area contributed by atoms with Crippen LogP contribution >= 0.6 is 24.8 Å². The summed E-state index contributed by atoms with van der Waals surface area (Å²) in [6.07, 6.45) is 0.798. The van der Waals surface area contributed by atoms with Crippen LogP contribution in [-0.2, 0) is 4.79 Å². The van der Waals surface area contributed by atoms with Crippen LogP contribution in [0.5, 0.6) is 0 Å². The zero-order valence-electron chi connectivity index (χ0n) is 13.1. The molecule has 0 bridgehead atoms. The Hall–Kier alpha value is -0.950. The van der Waals surface area contributed by atoms with E-state index in [0.717, 1.165) is 13.0 Å². The maximum atomic E-state index is 13.9. The Labute approximate surface area is 147 Å². The van der Waals surface area contributed by atoms with Crippen LogP contribution in [0, 0.1) is 17.6 Å². The molecule has 23 heavy (non-hydrogen) atoms. The van der Waals surface area contributed by atoms with E-state index in [1.807, 2.05) is 0 Å². The number of benzene rings is 1. The highest BCUT2D eigenvalue weighted by Gasteiger charge is 2.26. The van der Waals surface area contributed by atoms with E-state index >= 15 is 0 Å². The second-order valence-electron chi connectivity index (χ2n) is 5.55. The van der Waals surface area contributed by atoms with Crippen LogP contribution in [0.3, 0.4) is 0 Å². The number of nitrogens with one attached hydrogen (secondary N) is 2. The first-order valence-electron chi connectivity index (χ1n) is 7.09. The van der Waals surface area contributed by atoms with E-state index in [2.05, 4.69) is 10.6 Å². The topological polar surface area (TPSA) is 44.4 Å². The molecule has 1 fully saturated rings. The second kappa shape index (κ2) is 10.0. The smallest absolute Gasteiger partial charge is 0.224 e. The zero-order valence-corrected chi connectivity index (χ0v) is 14.8. The molecule has 0 spiro atoms. The summed E-state index contributed by atoms with van der Waals surface area (Å²) in [6, 6.07) is 3.27. The van der Waals surface area contributed by atoms with Gasteiger partial charge in [-0.25, -0.2) is 8.78 Å². The predicted molar refractivity (Wildman–Crippen MR) is 91.3 cm³/mol. The number of hydrogen-bond donors (Lipinski definition) is 2. The Morgan fingerprint density at radius 2 is 1.96 bits per heavy atom. The SMILES string of the molecule is CN(C)C(CNC(=O)C1CCNC1)c1c(F)cccc1F.Cl.Cl. The summed E-state index contributed by atoms with van der Waals surface area (Å²) < 4.78 is 27.8. The average Bonchev–Trinajstić information content (AvgIpc) is 2.95. The van der Waals surface area contributed by atoms with Crippen LogP contribution in [0.15, 0.2) is 18.2 Å². The van der Waals surface area contributed by atoms with Crippen LogP contribution in [0.1, 0.15) is 18.0 Å². The highest BCUT2D eigenvalue weighted by molar-refractivity contribution is 5.85. The lowest BCUT2D eigenvalue weighted by molar-refractivity contribution is -0.124. The Bertz CT molecular complexity index is 491. The molecule has 1 aromatic carbocycles. The van der Waals surface area contributed by atoms with Gasteiger partial charge in [0.1, 0.15) is 11.6 Å². The molecule has 2 unspecified atom stereocenters. The minimum atomic E-state index is -0.592. The van der Waals surface area contributed by atoms with E-state index in [9.17, 15) is 13.6 Å². The first-order valence-corrected chi connectivity index (χ1v) is 7.09. The van der Waals surface area contributed by atoms with E-state index < -0.39 is 17.7 Å². The number of hydrogen-bond acceptors (Lipinski definition) is 3. The van der Waals surface area contributed by atoms with Gasteiger partial charge in [-0.3, -0.25) is 4.79 Å². The molecule has 1 heterocycles. The molecule has 2 N–H and O–H groups in total. The Morgan fingerprint density at radius 1 is 1.35 bits per heavy atom. The van der Waals surface area contributed by atoms with Crippen LogP contribution in [0.4, 0.5) is 8.78 Å². The minimum Gasteiger partial charge on any atom is -0.354 e. The van der Waals surface area contributed by atoms with Crippen molar-refractivity contribution in [3.05, 3.63) is 35.4 Å². The Kier molecular flexibility index (Phi) is 9.61. The lowest BCUT2D eigenvalue weighted by atomic mass is 10.0. The maximum Gasteiger partial charge on any atom is 0.224 e. The van der Waals surface area contributed by atoms with Crippen LogP contribution in [0.25, 0.3) is 0 Å². The first-order chi connectivity index (χ1) is 10.0. The second-order valence-corrected chi connectivity index (χ2v) is 5.55. The molecular formula is C15H23Cl2F2N3O. The number of amides is 1. The van der Waals surface area contributed by atoms with Gasteiger partial charge in [-0.05, 0) is 39.2 Å². The van der Waals surface area contributed by atoms with Gasteiger partial charge < -0.3 is 15.5 Å². The van der Waals surface area contributed by atoms with Crippen molar-refractivity contribution in [2.45, 2.75) is 12.5 Å². The highest BCUT2D eigenvalue weighted by atomic mass is 35.5. The summed E-state index contributed by atoms with van der Waals surface area (Å²) in [7, 11) is 3.47. The summed E-state index contributed by atoms with van der Waals surface area (Å²) in [5.74, 6) is -1.31. The molecular weight excluding hydrogens is 347 g/mol. The summed E-state index contributed by atoms with van der Waals surface area (Å²) in [6.45, 7) is 1.67. The summed E-state index contributed by atoms with van der Waals surface area (Å²) in [4.78, 5) is 13.7. The third kappa shape index (κ3) is 5.57. The molecule has 0 saturated carbocycles. The number of likely N-dealkylation sites (N-methyl/N-ethyl adjacent to an activating group) is 1. The Balaban J connectivity index is 0.00000242. The van der Waals surface area contributed by atoms with Gasteiger partial charge in [-0.15, -0.1) is 24.8 Å². The van der Waals surface area contributed by atoms with Gasteiger partial charge >= 0.3 is 0 Å². The molecule has 1 amide bonds. The summed E-state index contributed by atoms with van der Waals surface area (Å²) >= 11 is 0. The average molecular weight is 370 g/mol. The zero-order chi connectivity index (χ0) is 15.4. The quantitative estimate of drug-likeness (QED) is 0.835. The van der Waals surface area contributed by atoms with Crippen molar-refractivity contribution in [2.24, 2.45) is 5.92 Å². The first kappa shape index (κ1) is 22.1. The largest absolute Gasteiger partial charge is 0.354 e. The van der Waals surface area contributed by atoms with E-state index in [-0.39, 0.29) is 48.7 Å². The number of carbonyl (C=O) groups excluding carboxylic acids is 1. The standard InChI is InChI=1S/C15H21F2N3O.2ClH/c1-20(2)13(14-11(16)4-3-5-12(14)17)9-19-15(21)10-6-7-18-8-10;;/h3-5,10,13,18H,6-9H2,1-2H3,(H,19,21);2*1H. The minimum absolute atomic E-state index is 0. The number of nitrogens with zero attached hydrogens (tertiary/aromatic N) is 1. The summed E-state index contributed by atoms with van der Waals surface area (Å²) in [5, 5.41) is 5.93. The van der Waals surface area contributed by atoms with Crippen molar-refractivity contribution in [1.82, 2.24) is 15.5 Å². The Morgan fingerprint density at radius 3 is 2.43 bits per heavy atom. The molecule has 0 aliphatic carbocycles. The van der Waals surface area contributed by atoms with E-state index in [0.29, 0.717) is 6.54 Å². The van der Waals surface area contributed by atoms with Gasteiger partial charge in [-0.1, -0.05) is 6.07 Å². The molecule has 1 saturated heterocycles. The predicted octanol–water partition coefficient (Wildman–Crippen LogP) is 2.14. The fourth-order valence-corrected chi connectivity index (χ4v) is 2.59. The normalized spacial score (nSPS) is 18.0. The number of rotatable bonds is 5. The molecule has 8 heteroatoms. The fraction of sp³-hybridized carbons (Fsp3) is 0.533. The lowest BCUT2D eigenvalue weighted by Crippen LogP contribution is -2.38. The van der Waals surface area contributed by atoms with Crippen molar-refractivity contribution < 1.29 is 13.6 Å². The van der Waals surface area contributed by atoms with E-state index in [1.54, 1.807) is 19.0 Å². The van der Waals surface area contributed by atoms with Crippen LogP contribution in [-0.4, -0.2) is 44.5 Å². The van der Waals surface area contributed by atoms with Crippen LogP contribution in [0.2, 0.25) is 0 Å². The molecule has 4 nitrogen and oxygen atoms in total. The fourth-order valence-electron chi connectivity index (χ4n) is 2.59. The highest BCUT2D eigenvalue weighted by Crippen LogP contribution is 2.24. The van der Waals surface area contributed by atoms with E-state index in [4.69, 9.17) is 0 Å².